The van der Waals surface area contributed by atoms with E-state index in [9.17, 15) is 0 Å². The van der Waals surface area contributed by atoms with Crippen molar-refractivity contribution in [3.63, 3.8) is 0 Å². The van der Waals surface area contributed by atoms with Crippen LogP contribution in [0.15, 0.2) is 0 Å². The Morgan fingerprint density at radius 1 is 1.36 bits per heavy atom. The Bertz CT molecular complexity index is 523. The zero-order valence-corrected chi connectivity index (χ0v) is 14.1. The molecule has 1 unspecified atom stereocenters. The third kappa shape index (κ3) is 2.87. The first-order valence-corrected chi connectivity index (χ1v) is 8.10. The van der Waals surface area contributed by atoms with Crippen LogP contribution in [0.5, 0.6) is 5.88 Å². The number of piperidine rings is 1. The van der Waals surface area contributed by atoms with Gasteiger partial charge in [0.1, 0.15) is 0 Å². The lowest BCUT2D eigenvalue weighted by Crippen LogP contribution is -2.46. The molecule has 3 rings (SSSR count). The fourth-order valence-electron chi connectivity index (χ4n) is 3.73. The number of likely N-dealkylation sites (tertiary alicyclic amines) is 1. The van der Waals surface area contributed by atoms with Crippen LogP contribution in [0.2, 0.25) is 0 Å². The molecule has 0 aromatic carbocycles. The zero-order chi connectivity index (χ0) is 15.7. The van der Waals surface area contributed by atoms with E-state index in [-0.39, 0.29) is 0 Å². The van der Waals surface area contributed by atoms with Crippen LogP contribution in [0.4, 0.5) is 0 Å². The Balaban J connectivity index is 1.70. The molecule has 2 saturated heterocycles. The highest BCUT2D eigenvalue weighted by molar-refractivity contribution is 5.30. The summed E-state index contributed by atoms with van der Waals surface area (Å²) in [5.41, 5.74) is 2.23. The second-order valence-corrected chi connectivity index (χ2v) is 6.48. The average molecular weight is 309 g/mol. The summed E-state index contributed by atoms with van der Waals surface area (Å²) < 4.78 is 19.0. The first-order valence-electron chi connectivity index (χ1n) is 8.10. The molecule has 0 radical (unpaired) electrons. The van der Waals surface area contributed by atoms with Gasteiger partial charge in [0.15, 0.2) is 5.79 Å². The second kappa shape index (κ2) is 6.18. The predicted molar refractivity (Wildman–Crippen MR) is 82.8 cm³/mol. The number of nitrogens with zero attached hydrogens (tertiary/aromatic N) is 3. The minimum atomic E-state index is -0.410. The van der Waals surface area contributed by atoms with Crippen molar-refractivity contribution in [2.45, 2.75) is 39.0 Å². The van der Waals surface area contributed by atoms with E-state index in [1.165, 1.54) is 12.0 Å². The van der Waals surface area contributed by atoms with Gasteiger partial charge < -0.3 is 14.2 Å². The highest BCUT2D eigenvalue weighted by Crippen LogP contribution is 2.35. The molecule has 124 valence electrons. The number of aryl methyl sites for hydroxylation is 2. The van der Waals surface area contributed by atoms with Crippen molar-refractivity contribution in [3.8, 4) is 5.88 Å². The molecular formula is C16H27N3O3. The van der Waals surface area contributed by atoms with Crippen molar-refractivity contribution >= 4 is 0 Å². The summed E-state index contributed by atoms with van der Waals surface area (Å²) in [5.74, 6) is 0.873. The zero-order valence-electron chi connectivity index (χ0n) is 14.1. The van der Waals surface area contributed by atoms with Gasteiger partial charge in [-0.2, -0.15) is 5.10 Å². The van der Waals surface area contributed by atoms with Crippen molar-refractivity contribution in [1.29, 1.82) is 0 Å². The van der Waals surface area contributed by atoms with Crippen LogP contribution in [0.25, 0.3) is 0 Å². The fourth-order valence-corrected chi connectivity index (χ4v) is 3.73. The Hall–Kier alpha value is -1.11. The molecule has 6 heteroatoms. The SMILES string of the molecule is COc1c(CN2CCCC(C3(C)OCCO3)C2)c(C)nn1C. The van der Waals surface area contributed by atoms with Gasteiger partial charge in [-0.25, -0.2) is 4.68 Å². The van der Waals surface area contributed by atoms with Crippen LogP contribution in [-0.4, -0.2) is 53.9 Å². The van der Waals surface area contributed by atoms with E-state index in [4.69, 9.17) is 14.2 Å². The number of hydrogen-bond acceptors (Lipinski definition) is 5. The predicted octanol–water partition coefficient (Wildman–Crippen LogP) is 1.71. The highest BCUT2D eigenvalue weighted by atomic mass is 16.7. The van der Waals surface area contributed by atoms with Gasteiger partial charge in [0.25, 0.3) is 0 Å². The van der Waals surface area contributed by atoms with Gasteiger partial charge in [-0.1, -0.05) is 0 Å². The quantitative estimate of drug-likeness (QED) is 0.847. The lowest BCUT2D eigenvalue weighted by molar-refractivity contribution is -0.192. The van der Waals surface area contributed by atoms with Crippen LogP contribution in [0.1, 0.15) is 31.0 Å². The maximum Gasteiger partial charge on any atom is 0.216 e. The maximum atomic E-state index is 5.86. The molecule has 0 bridgehead atoms. The molecule has 0 amide bonds. The summed E-state index contributed by atoms with van der Waals surface area (Å²) in [6.07, 6.45) is 2.34. The van der Waals surface area contributed by atoms with Crippen LogP contribution >= 0.6 is 0 Å². The second-order valence-electron chi connectivity index (χ2n) is 6.48. The van der Waals surface area contributed by atoms with E-state index in [2.05, 4.69) is 16.9 Å². The monoisotopic (exact) mass is 309 g/mol. The topological polar surface area (TPSA) is 48.8 Å². The number of aromatic nitrogens is 2. The Kier molecular flexibility index (Phi) is 4.43. The highest BCUT2D eigenvalue weighted by Gasteiger charge is 2.41. The number of rotatable bonds is 4. The lowest BCUT2D eigenvalue weighted by atomic mass is 9.90. The van der Waals surface area contributed by atoms with Crippen molar-refractivity contribution in [1.82, 2.24) is 14.7 Å². The number of methoxy groups -OCH3 is 1. The summed E-state index contributed by atoms with van der Waals surface area (Å²) in [7, 11) is 3.63. The number of ether oxygens (including phenoxy) is 3. The molecule has 1 aromatic heterocycles. The molecule has 6 nitrogen and oxygen atoms in total. The van der Waals surface area contributed by atoms with E-state index in [0.29, 0.717) is 19.1 Å². The Labute approximate surface area is 132 Å². The molecule has 0 saturated carbocycles. The fraction of sp³-hybridized carbons (Fsp3) is 0.812. The standard InChI is InChI=1S/C16H27N3O3/c1-12-14(15(20-4)18(3)17-12)11-19-7-5-6-13(10-19)16(2)21-8-9-22-16/h13H,5-11H2,1-4H3. The molecule has 1 aromatic rings. The van der Waals surface area contributed by atoms with Gasteiger partial charge in [0, 0.05) is 26.1 Å². The van der Waals surface area contributed by atoms with Crippen LogP contribution in [0, 0.1) is 12.8 Å². The van der Waals surface area contributed by atoms with Crippen LogP contribution < -0.4 is 4.74 Å². The summed E-state index contributed by atoms with van der Waals surface area (Å²) in [6, 6.07) is 0. The van der Waals surface area contributed by atoms with Crippen LogP contribution in [-0.2, 0) is 23.1 Å². The first-order chi connectivity index (χ1) is 10.5. The van der Waals surface area contributed by atoms with Gasteiger partial charge in [-0.15, -0.1) is 0 Å². The first kappa shape index (κ1) is 15.8. The van der Waals surface area contributed by atoms with E-state index >= 15 is 0 Å². The van der Waals surface area contributed by atoms with E-state index in [1.54, 1.807) is 7.11 Å². The third-order valence-electron chi connectivity index (χ3n) is 4.97. The van der Waals surface area contributed by atoms with Gasteiger partial charge in [-0.3, -0.25) is 4.90 Å². The summed E-state index contributed by atoms with van der Waals surface area (Å²) >= 11 is 0. The molecule has 2 aliphatic heterocycles. The summed E-state index contributed by atoms with van der Waals surface area (Å²) in [5, 5.41) is 4.47. The summed E-state index contributed by atoms with van der Waals surface area (Å²) in [6.45, 7) is 8.52. The number of hydrogen-bond donors (Lipinski definition) is 0. The average Bonchev–Trinajstić information content (AvgIpc) is 3.05. The van der Waals surface area contributed by atoms with Gasteiger partial charge >= 0.3 is 0 Å². The third-order valence-corrected chi connectivity index (χ3v) is 4.97. The molecule has 0 aliphatic carbocycles. The van der Waals surface area contributed by atoms with E-state index in [1.807, 2.05) is 18.7 Å². The molecular weight excluding hydrogens is 282 g/mol. The Morgan fingerprint density at radius 3 is 2.77 bits per heavy atom. The van der Waals surface area contributed by atoms with Crippen LogP contribution in [0.3, 0.4) is 0 Å². The van der Waals surface area contributed by atoms with Crippen molar-refractivity contribution in [2.24, 2.45) is 13.0 Å². The minimum absolute atomic E-state index is 0.410. The molecule has 0 N–H and O–H groups in total. The van der Waals surface area contributed by atoms with E-state index < -0.39 is 5.79 Å². The Morgan fingerprint density at radius 2 is 2.09 bits per heavy atom. The molecule has 0 spiro atoms. The molecule has 22 heavy (non-hydrogen) atoms. The smallest absolute Gasteiger partial charge is 0.216 e. The molecule has 2 fully saturated rings. The maximum absolute atomic E-state index is 5.86. The van der Waals surface area contributed by atoms with Crippen molar-refractivity contribution in [2.75, 3.05) is 33.4 Å². The summed E-state index contributed by atoms with van der Waals surface area (Å²) in [4.78, 5) is 2.47. The molecule has 2 aliphatic rings. The lowest BCUT2D eigenvalue weighted by Gasteiger charge is -2.39. The molecule has 1 atom stereocenters. The van der Waals surface area contributed by atoms with Gasteiger partial charge in [0.05, 0.1) is 31.6 Å². The minimum Gasteiger partial charge on any atom is -0.481 e. The largest absolute Gasteiger partial charge is 0.481 e. The van der Waals surface area contributed by atoms with Gasteiger partial charge in [-0.05, 0) is 33.2 Å². The normalized spacial score (nSPS) is 25.5. The van der Waals surface area contributed by atoms with E-state index in [0.717, 1.165) is 37.6 Å². The van der Waals surface area contributed by atoms with Gasteiger partial charge in [0.2, 0.25) is 5.88 Å². The van der Waals surface area contributed by atoms with Crippen molar-refractivity contribution in [3.05, 3.63) is 11.3 Å². The van der Waals surface area contributed by atoms with Crippen molar-refractivity contribution < 1.29 is 14.2 Å². The molecule has 3 heterocycles.